The normalized spacial score (nSPS) is 22.8. The van der Waals surface area contributed by atoms with Gasteiger partial charge in [-0.2, -0.15) is 0 Å². The molecule has 1 fully saturated rings. The van der Waals surface area contributed by atoms with Gasteiger partial charge in [-0.25, -0.2) is 4.79 Å². The van der Waals surface area contributed by atoms with Gasteiger partial charge >= 0.3 is 23.9 Å². The van der Waals surface area contributed by atoms with Gasteiger partial charge in [-0.3, -0.25) is 14.4 Å². The van der Waals surface area contributed by atoms with E-state index >= 15 is 0 Å². The summed E-state index contributed by atoms with van der Waals surface area (Å²) in [6, 6.07) is 13.0. The number of nitrogens with zero attached hydrogens (tertiary/aromatic N) is 3. The van der Waals surface area contributed by atoms with Crippen LogP contribution in [0.25, 0.3) is 21.2 Å². The first-order valence-electron chi connectivity index (χ1n) is 12.2. The van der Waals surface area contributed by atoms with Crippen LogP contribution in [0.1, 0.15) is 20.8 Å². The molecule has 1 aliphatic rings. The zero-order chi connectivity index (χ0) is 29.2. The van der Waals surface area contributed by atoms with Crippen molar-refractivity contribution in [2.24, 2.45) is 5.11 Å². The number of hydrogen-bond donors (Lipinski definition) is 0. The highest BCUT2D eigenvalue weighted by Gasteiger charge is 2.55. The van der Waals surface area contributed by atoms with Crippen molar-refractivity contribution in [3.05, 3.63) is 52.9 Å². The van der Waals surface area contributed by atoms with Crippen LogP contribution in [0, 0.1) is 0 Å². The molecule has 0 aromatic heterocycles. The third-order valence-electron chi connectivity index (χ3n) is 5.68. The van der Waals surface area contributed by atoms with E-state index in [0.717, 1.165) is 38.7 Å². The molecule has 214 valence electrons. The van der Waals surface area contributed by atoms with Gasteiger partial charge in [-0.15, -0.1) is 0 Å². The van der Waals surface area contributed by atoms with Gasteiger partial charge in [0.1, 0.15) is 18.5 Å². The number of esters is 4. The maximum atomic E-state index is 12.6. The highest BCUT2D eigenvalue weighted by molar-refractivity contribution is 5.88. The summed E-state index contributed by atoms with van der Waals surface area (Å²) in [6.45, 7) is 2.84. The number of azide groups is 1. The molecule has 2 aromatic carbocycles. The molecule has 0 spiro atoms. The Hall–Kier alpha value is -4.39. The van der Waals surface area contributed by atoms with Crippen molar-refractivity contribution < 1.29 is 52.3 Å². The molecule has 0 radical (unpaired) electrons. The summed E-state index contributed by atoms with van der Waals surface area (Å²) in [5.74, 6) is -2.92. The molecule has 0 aliphatic carbocycles. The lowest BCUT2D eigenvalue weighted by Crippen LogP contribution is -2.64. The van der Waals surface area contributed by atoms with Crippen molar-refractivity contribution in [3.63, 3.8) is 0 Å². The molecule has 0 N–H and O–H groups in total. The van der Waals surface area contributed by atoms with E-state index in [-0.39, 0.29) is 13.2 Å². The molecule has 1 aliphatic heterocycles. The summed E-state index contributed by atoms with van der Waals surface area (Å²) in [5, 5.41) is 5.31. The number of fused-ring (bicyclic) bond motifs is 1. The molecule has 0 unspecified atom stereocenters. The third-order valence-corrected chi connectivity index (χ3v) is 5.68. The SMILES string of the molecule is COC(=O)[C@H]1O[C@@H](O[C@H](CN=[N+]=[N-])COc2cccc3ccccc23)[C@H](OC(C)=O)[C@@H](OC(C)=O)[C@@H]1OC(C)=O. The minimum absolute atomic E-state index is 0.159. The topological polar surface area (TPSA) is 182 Å². The molecule has 3 rings (SSSR count). The number of ether oxygens (including phenoxy) is 7. The van der Waals surface area contributed by atoms with Crippen LogP contribution in [0.2, 0.25) is 0 Å². The lowest BCUT2D eigenvalue weighted by molar-refractivity contribution is -0.310. The Morgan fingerprint density at radius 1 is 0.925 bits per heavy atom. The minimum atomic E-state index is -1.63. The van der Waals surface area contributed by atoms with Crippen molar-refractivity contribution in [1.29, 1.82) is 0 Å². The fraction of sp³-hybridized carbons (Fsp3) is 0.462. The molecule has 6 atom stereocenters. The fourth-order valence-corrected chi connectivity index (χ4v) is 4.15. The van der Waals surface area contributed by atoms with Gasteiger partial charge in [0, 0.05) is 31.1 Å². The van der Waals surface area contributed by atoms with Gasteiger partial charge in [-0.1, -0.05) is 41.5 Å². The van der Waals surface area contributed by atoms with E-state index in [2.05, 4.69) is 10.0 Å². The maximum absolute atomic E-state index is 12.6. The summed E-state index contributed by atoms with van der Waals surface area (Å²) in [7, 11) is 1.08. The second kappa shape index (κ2) is 14.1. The van der Waals surface area contributed by atoms with Gasteiger partial charge in [0.15, 0.2) is 30.7 Å². The number of methoxy groups -OCH3 is 1. The zero-order valence-corrected chi connectivity index (χ0v) is 22.3. The van der Waals surface area contributed by atoms with Crippen molar-refractivity contribution in [2.75, 3.05) is 20.3 Å². The Morgan fingerprint density at radius 3 is 2.20 bits per heavy atom. The first kappa shape index (κ1) is 30.2. The van der Waals surface area contributed by atoms with E-state index in [1.807, 2.05) is 36.4 Å². The molecule has 0 saturated carbocycles. The van der Waals surface area contributed by atoms with Crippen LogP contribution in [0.15, 0.2) is 47.6 Å². The van der Waals surface area contributed by atoms with Crippen molar-refractivity contribution in [3.8, 4) is 5.75 Å². The number of hydrogen-bond acceptors (Lipinski definition) is 12. The van der Waals surface area contributed by atoms with Gasteiger partial charge in [-0.05, 0) is 17.0 Å². The summed E-state index contributed by atoms with van der Waals surface area (Å²) >= 11 is 0. The summed E-state index contributed by atoms with van der Waals surface area (Å²) in [6.07, 6.45) is -8.77. The Balaban J connectivity index is 1.95. The average Bonchev–Trinajstić information content (AvgIpc) is 2.91. The van der Waals surface area contributed by atoms with Crippen LogP contribution in [-0.2, 0) is 47.6 Å². The monoisotopic (exact) mass is 559 g/mol. The highest BCUT2D eigenvalue weighted by atomic mass is 16.7. The van der Waals surface area contributed by atoms with E-state index in [1.165, 1.54) is 0 Å². The molecule has 0 amide bonds. The van der Waals surface area contributed by atoms with Crippen LogP contribution in [-0.4, -0.2) is 80.9 Å². The molecule has 1 saturated heterocycles. The number of benzene rings is 2. The predicted octanol–water partition coefficient (Wildman–Crippen LogP) is 2.61. The van der Waals surface area contributed by atoms with Crippen LogP contribution in [0.4, 0.5) is 0 Å². The van der Waals surface area contributed by atoms with E-state index in [4.69, 9.17) is 38.7 Å². The number of rotatable bonds is 11. The van der Waals surface area contributed by atoms with Crippen LogP contribution >= 0.6 is 0 Å². The van der Waals surface area contributed by atoms with E-state index in [9.17, 15) is 19.2 Å². The molecule has 14 heteroatoms. The summed E-state index contributed by atoms with van der Waals surface area (Å²) in [4.78, 5) is 51.2. The molecule has 0 bridgehead atoms. The molecule has 40 heavy (non-hydrogen) atoms. The van der Waals surface area contributed by atoms with Crippen LogP contribution in [0.5, 0.6) is 5.75 Å². The Morgan fingerprint density at radius 2 is 1.55 bits per heavy atom. The van der Waals surface area contributed by atoms with Gasteiger partial charge < -0.3 is 33.2 Å². The molecule has 2 aromatic rings. The molecule has 1 heterocycles. The van der Waals surface area contributed by atoms with E-state index in [0.29, 0.717) is 5.75 Å². The second-order valence-electron chi connectivity index (χ2n) is 8.63. The minimum Gasteiger partial charge on any atom is -0.490 e. The van der Waals surface area contributed by atoms with E-state index < -0.39 is 60.7 Å². The Bertz CT molecular complexity index is 1270. The standard InChI is InChI=1S/C26H29N3O11/c1-14(30)36-21-22(37-15(2)31)24(38-16(3)32)26(40-23(21)25(33)34-4)39-18(12-28-29-27)13-35-20-11-7-9-17-8-5-6-10-19(17)20/h5-11,18,21-24,26H,12-13H2,1-4H3/t18-,21+,22+,23+,24-,26-/m1/s1. The quantitative estimate of drug-likeness (QED) is 0.130. The Labute approximate surface area is 229 Å². The predicted molar refractivity (Wildman–Crippen MR) is 136 cm³/mol. The second-order valence-corrected chi connectivity index (χ2v) is 8.63. The van der Waals surface area contributed by atoms with Crippen molar-refractivity contribution in [2.45, 2.75) is 57.6 Å². The first-order valence-corrected chi connectivity index (χ1v) is 12.2. The lowest BCUT2D eigenvalue weighted by atomic mass is 9.97. The molecule has 14 nitrogen and oxygen atoms in total. The lowest BCUT2D eigenvalue weighted by Gasteiger charge is -2.43. The summed E-state index contributed by atoms with van der Waals surface area (Å²) < 4.78 is 38.5. The van der Waals surface area contributed by atoms with Crippen LogP contribution in [0.3, 0.4) is 0 Å². The van der Waals surface area contributed by atoms with Gasteiger partial charge in [0.2, 0.25) is 0 Å². The van der Waals surface area contributed by atoms with Gasteiger partial charge in [0.05, 0.1) is 13.7 Å². The maximum Gasteiger partial charge on any atom is 0.339 e. The largest absolute Gasteiger partial charge is 0.490 e. The van der Waals surface area contributed by atoms with Crippen molar-refractivity contribution in [1.82, 2.24) is 0 Å². The number of carbonyl (C=O) groups excluding carboxylic acids is 4. The fourth-order valence-electron chi connectivity index (χ4n) is 4.15. The van der Waals surface area contributed by atoms with Crippen LogP contribution < -0.4 is 4.74 Å². The average molecular weight is 560 g/mol. The first-order chi connectivity index (χ1) is 19.1. The van der Waals surface area contributed by atoms with Crippen molar-refractivity contribution >= 4 is 34.6 Å². The highest BCUT2D eigenvalue weighted by Crippen LogP contribution is 2.31. The third kappa shape index (κ3) is 7.82. The summed E-state index contributed by atoms with van der Waals surface area (Å²) in [5.41, 5.74) is 8.92. The zero-order valence-electron chi connectivity index (χ0n) is 22.3. The molecular weight excluding hydrogens is 530 g/mol. The van der Waals surface area contributed by atoms with Gasteiger partial charge in [0.25, 0.3) is 0 Å². The molecular formula is C26H29N3O11. The Kier molecular flexibility index (Phi) is 10.6. The smallest absolute Gasteiger partial charge is 0.339 e. The number of carbonyl (C=O) groups is 4. The van der Waals surface area contributed by atoms with E-state index in [1.54, 1.807) is 6.07 Å².